The van der Waals surface area contributed by atoms with Crippen LogP contribution in [0.5, 0.6) is 0 Å². The van der Waals surface area contributed by atoms with Crippen LogP contribution in [-0.2, 0) is 6.42 Å². The Morgan fingerprint density at radius 1 is 1.05 bits per heavy atom. The average molecular weight is 319 g/mol. The van der Waals surface area contributed by atoms with E-state index in [0.717, 1.165) is 18.2 Å². The van der Waals surface area contributed by atoms with Gasteiger partial charge in [0.05, 0.1) is 6.04 Å². The predicted octanol–water partition coefficient (Wildman–Crippen LogP) is 3.64. The van der Waals surface area contributed by atoms with Crippen molar-refractivity contribution in [1.82, 2.24) is 5.43 Å². The monoisotopic (exact) mass is 318 g/mol. The highest BCUT2D eigenvalue weighted by atomic mass is 35.5. The zero-order valence-corrected chi connectivity index (χ0v) is 11.4. The van der Waals surface area contributed by atoms with Gasteiger partial charge >= 0.3 is 0 Å². The number of nitrogens with one attached hydrogen (secondary N) is 1. The van der Waals surface area contributed by atoms with E-state index in [-0.39, 0.29) is 17.0 Å². The van der Waals surface area contributed by atoms with Crippen molar-refractivity contribution in [3.8, 4) is 0 Å². The lowest BCUT2D eigenvalue weighted by molar-refractivity contribution is 0.424. The highest BCUT2D eigenvalue weighted by molar-refractivity contribution is 6.31. The van der Waals surface area contributed by atoms with E-state index in [0.29, 0.717) is 5.56 Å². The Morgan fingerprint density at radius 3 is 2.38 bits per heavy atom. The highest BCUT2D eigenvalue weighted by Gasteiger charge is 2.21. The Morgan fingerprint density at radius 2 is 1.76 bits per heavy atom. The molecule has 0 aliphatic heterocycles. The van der Waals surface area contributed by atoms with Crippen molar-refractivity contribution >= 4 is 11.6 Å². The third kappa shape index (κ3) is 3.34. The van der Waals surface area contributed by atoms with Gasteiger partial charge in [0.15, 0.2) is 17.5 Å². The van der Waals surface area contributed by atoms with Crippen molar-refractivity contribution in [1.29, 1.82) is 0 Å². The van der Waals surface area contributed by atoms with Crippen molar-refractivity contribution in [2.75, 3.05) is 0 Å². The largest absolute Gasteiger partial charge is 0.271 e. The zero-order valence-electron chi connectivity index (χ0n) is 10.6. The van der Waals surface area contributed by atoms with Crippen LogP contribution in [0.2, 0.25) is 5.02 Å². The summed E-state index contributed by atoms with van der Waals surface area (Å²) in [5.74, 6) is 0.646. The van der Waals surface area contributed by atoms with E-state index in [2.05, 4.69) is 5.43 Å². The summed E-state index contributed by atoms with van der Waals surface area (Å²) in [5, 5.41) is 0.137. The molecule has 2 aromatic carbocycles. The summed E-state index contributed by atoms with van der Waals surface area (Å²) >= 11 is 5.88. The Hall–Kier alpha value is -1.63. The standard InChI is InChI=1S/C14H11ClF4N2/c15-10-6-8(16)2-1-7(10)5-12(21-20)9-3-4-11(17)14(19)13(9)18/h1-4,6,12,21H,5,20H2. The molecule has 0 spiro atoms. The molecule has 0 fully saturated rings. The lowest BCUT2D eigenvalue weighted by atomic mass is 9.98. The van der Waals surface area contributed by atoms with Crippen LogP contribution in [0, 0.1) is 23.3 Å². The molecule has 3 N–H and O–H groups in total. The molecule has 2 nitrogen and oxygen atoms in total. The average Bonchev–Trinajstić information content (AvgIpc) is 2.45. The molecule has 21 heavy (non-hydrogen) atoms. The number of benzene rings is 2. The van der Waals surface area contributed by atoms with Gasteiger partial charge in [-0.3, -0.25) is 11.3 Å². The predicted molar refractivity (Wildman–Crippen MR) is 71.5 cm³/mol. The molecule has 2 aromatic rings. The number of hydrogen-bond donors (Lipinski definition) is 2. The molecule has 0 heterocycles. The molecule has 0 aliphatic carbocycles. The van der Waals surface area contributed by atoms with E-state index >= 15 is 0 Å². The van der Waals surface area contributed by atoms with E-state index < -0.39 is 29.3 Å². The lowest BCUT2D eigenvalue weighted by Gasteiger charge is -2.18. The minimum Gasteiger partial charge on any atom is -0.271 e. The zero-order chi connectivity index (χ0) is 15.6. The van der Waals surface area contributed by atoms with E-state index in [9.17, 15) is 17.6 Å². The van der Waals surface area contributed by atoms with Gasteiger partial charge in [-0.25, -0.2) is 17.6 Å². The molecule has 1 unspecified atom stereocenters. The van der Waals surface area contributed by atoms with Crippen LogP contribution in [-0.4, -0.2) is 0 Å². The summed E-state index contributed by atoms with van der Waals surface area (Å²) < 4.78 is 52.9. The molecule has 0 saturated carbocycles. The number of nitrogens with two attached hydrogens (primary N) is 1. The van der Waals surface area contributed by atoms with E-state index in [1.165, 1.54) is 12.1 Å². The van der Waals surface area contributed by atoms with Gasteiger partial charge in [-0.15, -0.1) is 0 Å². The van der Waals surface area contributed by atoms with Gasteiger partial charge in [0, 0.05) is 10.6 Å². The third-order valence-corrected chi connectivity index (χ3v) is 3.43. The highest BCUT2D eigenvalue weighted by Crippen LogP contribution is 2.27. The quantitative estimate of drug-likeness (QED) is 0.391. The van der Waals surface area contributed by atoms with Crippen LogP contribution in [0.3, 0.4) is 0 Å². The molecule has 0 saturated heterocycles. The van der Waals surface area contributed by atoms with Crippen LogP contribution in [0.1, 0.15) is 17.2 Å². The SMILES string of the molecule is NNC(Cc1ccc(F)cc1Cl)c1ccc(F)c(F)c1F. The topological polar surface area (TPSA) is 38.0 Å². The minimum atomic E-state index is -1.57. The number of hydrogen-bond acceptors (Lipinski definition) is 2. The minimum absolute atomic E-state index is 0.0810. The Balaban J connectivity index is 2.34. The van der Waals surface area contributed by atoms with Crippen molar-refractivity contribution < 1.29 is 17.6 Å². The first-order valence-corrected chi connectivity index (χ1v) is 6.35. The first kappa shape index (κ1) is 15.8. The van der Waals surface area contributed by atoms with Crippen LogP contribution in [0.15, 0.2) is 30.3 Å². The molecular weight excluding hydrogens is 308 g/mol. The van der Waals surface area contributed by atoms with E-state index in [4.69, 9.17) is 17.4 Å². The molecular formula is C14H11ClF4N2. The second kappa shape index (κ2) is 6.43. The maximum Gasteiger partial charge on any atom is 0.194 e. The second-order valence-electron chi connectivity index (χ2n) is 4.42. The van der Waals surface area contributed by atoms with Gasteiger partial charge in [0.25, 0.3) is 0 Å². The number of rotatable bonds is 4. The normalized spacial score (nSPS) is 12.5. The van der Waals surface area contributed by atoms with Gasteiger partial charge in [-0.05, 0) is 30.2 Å². The van der Waals surface area contributed by atoms with E-state index in [1.54, 1.807) is 0 Å². The van der Waals surface area contributed by atoms with Crippen LogP contribution in [0.25, 0.3) is 0 Å². The molecule has 0 aliphatic rings. The summed E-state index contributed by atoms with van der Waals surface area (Å²) in [6, 6.07) is 4.77. The fourth-order valence-corrected chi connectivity index (χ4v) is 2.22. The fraction of sp³-hybridized carbons (Fsp3) is 0.143. The number of halogens is 5. The number of hydrazine groups is 1. The molecule has 0 radical (unpaired) electrons. The van der Waals surface area contributed by atoms with Crippen LogP contribution >= 0.6 is 11.6 Å². The molecule has 112 valence electrons. The Labute approximate surface area is 123 Å². The van der Waals surface area contributed by atoms with Gasteiger partial charge in [-0.1, -0.05) is 23.7 Å². The van der Waals surface area contributed by atoms with Crippen molar-refractivity contribution in [2.24, 2.45) is 5.84 Å². The molecule has 0 amide bonds. The molecule has 2 rings (SSSR count). The van der Waals surface area contributed by atoms with Crippen molar-refractivity contribution in [3.05, 3.63) is 69.8 Å². The summed E-state index contributed by atoms with van der Waals surface area (Å²) in [7, 11) is 0. The van der Waals surface area contributed by atoms with Crippen LogP contribution in [0.4, 0.5) is 17.6 Å². The van der Waals surface area contributed by atoms with Gasteiger partial charge < -0.3 is 0 Å². The van der Waals surface area contributed by atoms with Crippen LogP contribution < -0.4 is 11.3 Å². The molecule has 1 atom stereocenters. The molecule has 0 bridgehead atoms. The van der Waals surface area contributed by atoms with Crippen molar-refractivity contribution in [2.45, 2.75) is 12.5 Å². The maximum absolute atomic E-state index is 13.8. The van der Waals surface area contributed by atoms with E-state index in [1.807, 2.05) is 0 Å². The van der Waals surface area contributed by atoms with Crippen molar-refractivity contribution in [3.63, 3.8) is 0 Å². The summed E-state index contributed by atoms with van der Waals surface area (Å²) in [6.07, 6.45) is 0.0810. The van der Waals surface area contributed by atoms with Gasteiger partial charge in [0.1, 0.15) is 5.82 Å². The summed E-state index contributed by atoms with van der Waals surface area (Å²) in [6.45, 7) is 0. The maximum atomic E-state index is 13.8. The van der Waals surface area contributed by atoms with Gasteiger partial charge in [-0.2, -0.15) is 0 Å². The third-order valence-electron chi connectivity index (χ3n) is 3.08. The first-order valence-electron chi connectivity index (χ1n) is 5.97. The summed E-state index contributed by atoms with van der Waals surface area (Å²) in [4.78, 5) is 0. The Kier molecular flexibility index (Phi) is 4.82. The summed E-state index contributed by atoms with van der Waals surface area (Å²) in [5.41, 5.74) is 2.66. The fourth-order valence-electron chi connectivity index (χ4n) is 1.98. The smallest absolute Gasteiger partial charge is 0.194 e. The Bertz CT molecular complexity index is 664. The molecule has 7 heteroatoms. The second-order valence-corrected chi connectivity index (χ2v) is 4.83. The first-order chi connectivity index (χ1) is 9.93. The van der Waals surface area contributed by atoms with Gasteiger partial charge in [0.2, 0.25) is 0 Å². The lowest BCUT2D eigenvalue weighted by Crippen LogP contribution is -2.30. The molecule has 0 aromatic heterocycles.